The molecule has 0 bridgehead atoms. The van der Waals surface area contributed by atoms with Crippen LogP contribution in [0, 0.1) is 0 Å². The highest BCUT2D eigenvalue weighted by Crippen LogP contribution is 2.31. The largest absolute Gasteiger partial charge is 0.495 e. The summed E-state index contributed by atoms with van der Waals surface area (Å²) < 4.78 is 7.01. The zero-order valence-electron chi connectivity index (χ0n) is 19.8. The monoisotopic (exact) mass is 483 g/mol. The van der Waals surface area contributed by atoms with Gasteiger partial charge in [0.2, 0.25) is 0 Å². The van der Waals surface area contributed by atoms with E-state index in [9.17, 15) is 14.7 Å². The van der Waals surface area contributed by atoms with Gasteiger partial charge in [0.15, 0.2) is 5.78 Å². The number of anilines is 1. The summed E-state index contributed by atoms with van der Waals surface area (Å²) in [6.07, 6.45) is 6.74. The molecule has 4 heterocycles. The second-order valence-electron chi connectivity index (χ2n) is 8.70. The van der Waals surface area contributed by atoms with Gasteiger partial charge in [0.25, 0.3) is 0 Å². The summed E-state index contributed by atoms with van der Waals surface area (Å²) in [5.41, 5.74) is 4.16. The van der Waals surface area contributed by atoms with Crippen molar-refractivity contribution in [3.05, 3.63) is 90.1 Å². The minimum absolute atomic E-state index is 0.00742. The van der Waals surface area contributed by atoms with Gasteiger partial charge in [0, 0.05) is 34.9 Å². The van der Waals surface area contributed by atoms with Gasteiger partial charge in [-0.05, 0) is 41.8 Å². The third-order valence-electron chi connectivity index (χ3n) is 6.23. The number of rotatable bonds is 9. The molecule has 4 aromatic heterocycles. The Bertz CT molecular complexity index is 1540. The maximum Gasteiger partial charge on any atom is 0.303 e. The molecule has 2 unspecified atom stereocenters. The van der Waals surface area contributed by atoms with E-state index in [1.54, 1.807) is 36.3 Å². The maximum atomic E-state index is 14.0. The van der Waals surface area contributed by atoms with Gasteiger partial charge in [-0.15, -0.1) is 0 Å². The van der Waals surface area contributed by atoms with Crippen molar-refractivity contribution < 1.29 is 19.4 Å². The molecule has 3 N–H and O–H groups in total. The highest BCUT2D eigenvalue weighted by molar-refractivity contribution is 6.11. The highest BCUT2D eigenvalue weighted by Gasteiger charge is 2.27. The number of pyridine rings is 2. The summed E-state index contributed by atoms with van der Waals surface area (Å²) >= 11 is 0. The van der Waals surface area contributed by atoms with Crippen LogP contribution in [0.2, 0.25) is 0 Å². The first kappa shape index (κ1) is 23.1. The summed E-state index contributed by atoms with van der Waals surface area (Å²) in [5, 5.41) is 17.9. The molecule has 5 rings (SSSR count). The van der Waals surface area contributed by atoms with Crippen molar-refractivity contribution in [1.29, 1.82) is 0 Å². The minimum atomic E-state index is -0.865. The number of benzene rings is 1. The normalized spacial score (nSPS) is 12.9. The van der Waals surface area contributed by atoms with Gasteiger partial charge in [-0.25, -0.2) is 4.52 Å². The summed E-state index contributed by atoms with van der Waals surface area (Å²) in [6, 6.07) is 14.2. The summed E-state index contributed by atoms with van der Waals surface area (Å²) in [7, 11) is 1.56. The number of aromatic nitrogens is 4. The van der Waals surface area contributed by atoms with Crippen molar-refractivity contribution in [2.75, 3.05) is 12.4 Å². The highest BCUT2D eigenvalue weighted by atomic mass is 16.5. The molecule has 0 amide bonds. The number of nitrogens with zero attached hydrogens (tertiary/aromatic N) is 3. The Labute approximate surface area is 206 Å². The van der Waals surface area contributed by atoms with Crippen LogP contribution in [-0.4, -0.2) is 43.6 Å². The predicted molar refractivity (Wildman–Crippen MR) is 136 cm³/mol. The number of fused-ring (bicyclic) bond motifs is 2. The third kappa shape index (κ3) is 4.50. The zero-order valence-corrected chi connectivity index (χ0v) is 19.8. The van der Waals surface area contributed by atoms with Gasteiger partial charge in [-0.1, -0.05) is 19.1 Å². The van der Waals surface area contributed by atoms with Gasteiger partial charge >= 0.3 is 5.97 Å². The number of carbonyl (C=O) groups is 2. The number of aliphatic carboxylic acids is 1. The number of nitrogens with one attached hydrogen (secondary N) is 2. The summed E-state index contributed by atoms with van der Waals surface area (Å²) in [4.78, 5) is 32.6. The van der Waals surface area contributed by atoms with Crippen LogP contribution in [0.3, 0.4) is 0 Å². The molecule has 0 radical (unpaired) electrons. The van der Waals surface area contributed by atoms with Crippen molar-refractivity contribution >= 4 is 33.9 Å². The topological polar surface area (TPSA) is 122 Å². The lowest BCUT2D eigenvalue weighted by Gasteiger charge is -2.17. The van der Waals surface area contributed by atoms with Crippen molar-refractivity contribution in [1.82, 2.24) is 19.6 Å². The standard InChI is InChI=1S/C27H25N5O4/c1-16(9-25(33)34)17-6-7-23-21(10-17)22(15-29-23)27(35)26(30-18-11-20(36-2)14-28-13-18)24-12-19-5-3-4-8-32(19)31-24/h3-8,10-16,26,29-30H,9H2,1-2H3,(H,33,34). The molecule has 9 heteroatoms. The van der Waals surface area contributed by atoms with Crippen LogP contribution < -0.4 is 10.1 Å². The molecule has 0 saturated carbocycles. The summed E-state index contributed by atoms with van der Waals surface area (Å²) in [6.45, 7) is 1.86. The Hall–Kier alpha value is -4.66. The van der Waals surface area contributed by atoms with Crippen LogP contribution in [0.15, 0.2) is 73.3 Å². The molecule has 2 atom stereocenters. The number of aromatic amines is 1. The third-order valence-corrected chi connectivity index (χ3v) is 6.23. The molecule has 0 aliphatic rings. The molecule has 0 fully saturated rings. The van der Waals surface area contributed by atoms with Crippen LogP contribution >= 0.6 is 0 Å². The van der Waals surface area contributed by atoms with Crippen LogP contribution in [0.4, 0.5) is 5.69 Å². The molecule has 5 aromatic rings. The molecule has 0 saturated heterocycles. The van der Waals surface area contributed by atoms with E-state index in [1.807, 2.05) is 55.6 Å². The fourth-order valence-corrected chi connectivity index (χ4v) is 4.33. The van der Waals surface area contributed by atoms with Gasteiger partial charge in [-0.2, -0.15) is 5.10 Å². The van der Waals surface area contributed by atoms with Crippen LogP contribution in [0.5, 0.6) is 5.75 Å². The number of hydrogen-bond acceptors (Lipinski definition) is 6. The summed E-state index contributed by atoms with van der Waals surface area (Å²) in [5.74, 6) is -0.684. The van der Waals surface area contributed by atoms with Crippen molar-refractivity contribution in [3.8, 4) is 5.75 Å². The number of hydrogen-bond donors (Lipinski definition) is 3. The SMILES string of the molecule is COc1cncc(NC(C(=O)c2c[nH]c3ccc(C(C)CC(=O)O)cc23)c2cc3ccccn3n2)c1. The molecular weight excluding hydrogens is 458 g/mol. The number of carboxylic acids is 1. The van der Waals surface area contributed by atoms with Crippen molar-refractivity contribution in [2.24, 2.45) is 0 Å². The lowest BCUT2D eigenvalue weighted by atomic mass is 9.94. The van der Waals surface area contributed by atoms with E-state index in [1.165, 1.54) is 0 Å². The number of Topliss-reactive ketones (excluding diaryl/α,β-unsaturated/α-hetero) is 1. The van der Waals surface area contributed by atoms with Crippen LogP contribution in [0.1, 0.15) is 46.9 Å². The number of carbonyl (C=O) groups excluding carboxylic acids is 1. The first-order valence-electron chi connectivity index (χ1n) is 11.5. The smallest absolute Gasteiger partial charge is 0.303 e. The van der Waals surface area contributed by atoms with E-state index in [4.69, 9.17) is 4.74 Å². The van der Waals surface area contributed by atoms with Gasteiger partial charge < -0.3 is 20.1 Å². The van der Waals surface area contributed by atoms with E-state index in [2.05, 4.69) is 20.4 Å². The quantitative estimate of drug-likeness (QED) is 0.257. The molecule has 0 aliphatic heterocycles. The Morgan fingerprint density at radius 2 is 2.03 bits per heavy atom. The first-order chi connectivity index (χ1) is 17.4. The lowest BCUT2D eigenvalue weighted by molar-refractivity contribution is -0.137. The molecule has 1 aromatic carbocycles. The van der Waals surface area contributed by atoms with E-state index in [0.29, 0.717) is 22.7 Å². The fraction of sp³-hybridized carbons (Fsp3) is 0.185. The minimum Gasteiger partial charge on any atom is -0.495 e. The maximum absolute atomic E-state index is 14.0. The van der Waals surface area contributed by atoms with Gasteiger partial charge in [-0.3, -0.25) is 14.6 Å². The van der Waals surface area contributed by atoms with E-state index in [-0.39, 0.29) is 18.1 Å². The number of H-pyrrole nitrogens is 1. The fourth-order valence-electron chi connectivity index (χ4n) is 4.33. The van der Waals surface area contributed by atoms with Crippen molar-refractivity contribution in [3.63, 3.8) is 0 Å². The van der Waals surface area contributed by atoms with Gasteiger partial charge in [0.05, 0.1) is 42.8 Å². The van der Waals surface area contributed by atoms with E-state index in [0.717, 1.165) is 22.0 Å². The van der Waals surface area contributed by atoms with E-state index >= 15 is 0 Å². The number of ketones is 1. The molecule has 0 spiro atoms. The molecule has 9 nitrogen and oxygen atoms in total. The van der Waals surface area contributed by atoms with Gasteiger partial charge in [0.1, 0.15) is 11.8 Å². The lowest BCUT2D eigenvalue weighted by Crippen LogP contribution is -2.22. The number of carboxylic acid groups (broad SMARTS) is 1. The zero-order chi connectivity index (χ0) is 25.2. The Morgan fingerprint density at radius 3 is 2.81 bits per heavy atom. The second kappa shape index (κ2) is 9.53. The molecule has 36 heavy (non-hydrogen) atoms. The average Bonchev–Trinajstić information content (AvgIpc) is 3.50. The molecule has 182 valence electrons. The number of methoxy groups -OCH3 is 1. The molecule has 0 aliphatic carbocycles. The van der Waals surface area contributed by atoms with Crippen LogP contribution in [0.25, 0.3) is 16.4 Å². The first-order valence-corrected chi connectivity index (χ1v) is 11.5. The second-order valence-corrected chi connectivity index (χ2v) is 8.70. The predicted octanol–water partition coefficient (Wildman–Crippen LogP) is 4.83. The Kier molecular flexibility index (Phi) is 6.12. The van der Waals surface area contributed by atoms with E-state index < -0.39 is 12.0 Å². The molecular formula is C27H25N5O4. The Morgan fingerprint density at radius 1 is 1.17 bits per heavy atom. The van der Waals surface area contributed by atoms with Crippen LogP contribution in [-0.2, 0) is 4.79 Å². The van der Waals surface area contributed by atoms with Crippen molar-refractivity contribution in [2.45, 2.75) is 25.3 Å². The average molecular weight is 484 g/mol. The number of ether oxygens (including phenoxy) is 1. The Balaban J connectivity index is 1.57.